The van der Waals surface area contributed by atoms with Gasteiger partial charge in [0.2, 0.25) is 0 Å². The number of anilines is 1. The van der Waals surface area contributed by atoms with Crippen LogP contribution in [-0.2, 0) is 37.6 Å². The molecule has 0 aromatic carbocycles. The molecule has 0 spiro atoms. The van der Waals surface area contributed by atoms with Crippen LogP contribution in [0.3, 0.4) is 0 Å². The van der Waals surface area contributed by atoms with Crippen LogP contribution in [-0.4, -0.2) is 118 Å². The number of ether oxygens (including phenoxy) is 4. The van der Waals surface area contributed by atoms with Gasteiger partial charge >= 0.3 is 19.6 Å². The van der Waals surface area contributed by atoms with Crippen molar-refractivity contribution in [2.45, 2.75) is 104 Å². The van der Waals surface area contributed by atoms with Crippen LogP contribution in [0.15, 0.2) is 6.33 Å². The molecular weight excluding hydrogens is 673 g/mol. The number of hydrogen-bond acceptors (Lipinski definition) is 14. The molecule has 18 heteroatoms. The van der Waals surface area contributed by atoms with E-state index in [0.29, 0.717) is 49.1 Å². The number of nitrogens with zero attached hydrogens (tertiary/aromatic N) is 5. The maximum atomic E-state index is 14.6. The number of hydrogen-bond donors (Lipinski definition) is 4. The Balaban J connectivity index is 1.63. The van der Waals surface area contributed by atoms with Crippen LogP contribution in [0.2, 0.25) is 0 Å². The van der Waals surface area contributed by atoms with E-state index in [1.54, 1.807) is 20.8 Å². The van der Waals surface area contributed by atoms with Crippen LogP contribution in [0.1, 0.15) is 73.4 Å². The number of aryl methyl sites for hydroxylation is 1. The molecule has 2 aliphatic rings. The van der Waals surface area contributed by atoms with E-state index in [9.17, 15) is 24.4 Å². The first-order chi connectivity index (χ1) is 23.6. The quantitative estimate of drug-likeness (QED) is 0.136. The highest BCUT2D eigenvalue weighted by Gasteiger charge is 2.54. The minimum absolute atomic E-state index is 0.000992. The molecule has 2 saturated heterocycles. The smallest absolute Gasteiger partial charge is 0.342 e. The summed E-state index contributed by atoms with van der Waals surface area (Å²) >= 11 is 0. The standard InChI is InChI=1S/C32H54N7O10P/c1-9-46-29(41)22(15-19(3)4)36-50(44,37-23(16-20(5)6)30(42)47-10-2)48-17-24-26(40)32(8,43)31(49-24)39-18-33-25-27(34-21(7)35-28(25)39)38-11-13-45-14-12-38/h18-20,22-24,26,31,40,43H,9-17H2,1-8H3,(H2,36,37,44)/t22-,23-,24+,26?,31+,32-/m0/s1. The Morgan fingerprint density at radius 1 is 1.04 bits per heavy atom. The lowest BCUT2D eigenvalue weighted by atomic mass is 9.96. The maximum absolute atomic E-state index is 14.6. The fraction of sp³-hybridized carbons (Fsp3) is 0.781. The summed E-state index contributed by atoms with van der Waals surface area (Å²) in [6.45, 7) is 16.1. The van der Waals surface area contributed by atoms with Crippen LogP contribution >= 0.6 is 7.67 Å². The van der Waals surface area contributed by atoms with E-state index in [4.69, 9.17) is 23.5 Å². The fourth-order valence-corrected chi connectivity index (χ4v) is 7.91. The molecule has 17 nitrogen and oxygen atoms in total. The molecule has 4 rings (SSSR count). The van der Waals surface area contributed by atoms with Crippen molar-refractivity contribution in [2.24, 2.45) is 11.8 Å². The first kappa shape index (κ1) is 40.0. The van der Waals surface area contributed by atoms with Crippen LogP contribution in [0.5, 0.6) is 0 Å². The van der Waals surface area contributed by atoms with Crippen LogP contribution in [0, 0.1) is 18.8 Å². The minimum atomic E-state index is -4.30. The second-order valence-electron chi connectivity index (χ2n) is 13.7. The third-order valence-corrected chi connectivity index (χ3v) is 10.3. The number of aromatic nitrogens is 4. The predicted molar refractivity (Wildman–Crippen MR) is 183 cm³/mol. The molecule has 1 unspecified atom stereocenters. The normalized spacial score (nSPS) is 24.2. The molecule has 2 aromatic heterocycles. The van der Waals surface area contributed by atoms with E-state index in [0.717, 1.165) is 0 Å². The summed E-state index contributed by atoms with van der Waals surface area (Å²) in [5.41, 5.74) is -0.987. The number of fused-ring (bicyclic) bond motifs is 1. The lowest BCUT2D eigenvalue weighted by Gasteiger charge is -2.30. The molecule has 2 aromatic rings. The molecule has 4 heterocycles. The van der Waals surface area contributed by atoms with E-state index in [-0.39, 0.29) is 37.9 Å². The van der Waals surface area contributed by atoms with E-state index in [2.05, 4.69) is 30.0 Å². The van der Waals surface area contributed by atoms with Gasteiger partial charge in [0, 0.05) is 13.1 Å². The number of carbonyl (C=O) groups excluding carboxylic acids is 2. The number of imidazole rings is 1. The highest BCUT2D eigenvalue weighted by atomic mass is 31.2. The Kier molecular flexibility index (Phi) is 13.7. The number of morpholine rings is 1. The van der Waals surface area contributed by atoms with Gasteiger partial charge in [0.15, 0.2) is 23.2 Å². The molecule has 0 aliphatic carbocycles. The number of nitrogens with one attached hydrogen (secondary N) is 2. The SMILES string of the molecule is CCOC(=O)[C@H](CC(C)C)NP(=O)(N[C@@H](CC(C)C)C(=O)OCC)OC[C@H]1O[C@@H](n2cnc3c(N4CCOCC4)nc(C)nc32)[C@@](C)(O)C1O. The Morgan fingerprint density at radius 3 is 2.12 bits per heavy atom. The van der Waals surface area contributed by atoms with Gasteiger partial charge < -0.3 is 38.6 Å². The summed E-state index contributed by atoms with van der Waals surface area (Å²) < 4.78 is 44.4. The van der Waals surface area contributed by atoms with Crippen molar-refractivity contribution >= 4 is 36.6 Å². The number of aliphatic hydroxyl groups excluding tert-OH is 1. The summed E-state index contributed by atoms with van der Waals surface area (Å²) in [5.74, 6) is -0.167. The topological polar surface area (TPSA) is 209 Å². The molecule has 2 aliphatic heterocycles. The highest BCUT2D eigenvalue weighted by molar-refractivity contribution is 7.54. The van der Waals surface area contributed by atoms with Gasteiger partial charge in [-0.25, -0.2) is 25.1 Å². The van der Waals surface area contributed by atoms with Gasteiger partial charge in [-0.15, -0.1) is 0 Å². The van der Waals surface area contributed by atoms with E-state index >= 15 is 0 Å². The molecule has 4 N–H and O–H groups in total. The summed E-state index contributed by atoms with van der Waals surface area (Å²) in [6.07, 6.45) is -1.93. The van der Waals surface area contributed by atoms with Crippen molar-refractivity contribution in [1.29, 1.82) is 0 Å². The molecule has 0 radical (unpaired) electrons. The van der Waals surface area contributed by atoms with Gasteiger partial charge in [-0.2, -0.15) is 0 Å². The summed E-state index contributed by atoms with van der Waals surface area (Å²) in [5, 5.41) is 28.6. The maximum Gasteiger partial charge on any atom is 0.342 e. The average Bonchev–Trinajstić information content (AvgIpc) is 3.56. The molecular formula is C32H54N7O10P. The fourth-order valence-electron chi connectivity index (χ4n) is 6.08. The van der Waals surface area contributed by atoms with Crippen molar-refractivity contribution in [1.82, 2.24) is 29.7 Å². The monoisotopic (exact) mass is 727 g/mol. The second kappa shape index (κ2) is 17.2. The Hall–Kier alpha value is -2.76. The minimum Gasteiger partial charge on any atom is -0.465 e. The second-order valence-corrected chi connectivity index (χ2v) is 15.6. The van der Waals surface area contributed by atoms with E-state index < -0.39 is 62.3 Å². The zero-order valence-corrected chi connectivity index (χ0v) is 31.2. The van der Waals surface area contributed by atoms with Crippen molar-refractivity contribution in [3.8, 4) is 0 Å². The van der Waals surface area contributed by atoms with Crippen molar-refractivity contribution in [3.05, 3.63) is 12.2 Å². The first-order valence-corrected chi connectivity index (χ1v) is 19.0. The van der Waals surface area contributed by atoms with Crippen molar-refractivity contribution < 1.29 is 47.8 Å². The lowest BCUT2D eigenvalue weighted by molar-refractivity contribution is -0.146. The predicted octanol–water partition coefficient (Wildman–Crippen LogP) is 2.24. The van der Waals surface area contributed by atoms with E-state index in [1.807, 2.05) is 27.7 Å². The highest BCUT2D eigenvalue weighted by Crippen LogP contribution is 2.45. The molecule has 6 atom stereocenters. The lowest BCUT2D eigenvalue weighted by Crippen LogP contribution is -2.47. The van der Waals surface area contributed by atoms with Gasteiger partial charge in [0.1, 0.15) is 35.7 Å². The Labute approximate surface area is 293 Å². The molecule has 0 amide bonds. The molecule has 282 valence electrons. The molecule has 0 bridgehead atoms. The van der Waals surface area contributed by atoms with E-state index in [1.165, 1.54) is 17.8 Å². The third-order valence-electron chi connectivity index (χ3n) is 8.46. The van der Waals surface area contributed by atoms with Crippen LogP contribution in [0.25, 0.3) is 11.2 Å². The van der Waals surface area contributed by atoms with Crippen LogP contribution in [0.4, 0.5) is 5.82 Å². The average molecular weight is 728 g/mol. The zero-order chi connectivity index (χ0) is 36.8. The third kappa shape index (κ3) is 9.56. The summed E-state index contributed by atoms with van der Waals surface area (Å²) in [7, 11) is -4.30. The Morgan fingerprint density at radius 2 is 1.60 bits per heavy atom. The summed E-state index contributed by atoms with van der Waals surface area (Å²) in [6, 6.07) is -2.11. The first-order valence-electron chi connectivity index (χ1n) is 17.3. The zero-order valence-electron chi connectivity index (χ0n) is 30.3. The van der Waals surface area contributed by atoms with Crippen molar-refractivity contribution in [2.75, 3.05) is 51.0 Å². The summed E-state index contributed by atoms with van der Waals surface area (Å²) in [4.78, 5) is 41.8. The van der Waals surface area contributed by atoms with Gasteiger partial charge in [0.25, 0.3) is 0 Å². The van der Waals surface area contributed by atoms with Gasteiger partial charge in [-0.3, -0.25) is 18.7 Å². The number of esters is 2. The number of carbonyl (C=O) groups is 2. The van der Waals surface area contributed by atoms with Gasteiger partial charge in [-0.05, 0) is 52.4 Å². The largest absolute Gasteiger partial charge is 0.465 e. The molecule has 2 fully saturated rings. The van der Waals surface area contributed by atoms with Gasteiger partial charge in [-0.1, -0.05) is 27.7 Å². The van der Waals surface area contributed by atoms with Gasteiger partial charge in [0.05, 0.1) is 39.4 Å². The van der Waals surface area contributed by atoms with Crippen molar-refractivity contribution in [3.63, 3.8) is 0 Å². The number of rotatable bonds is 17. The van der Waals surface area contributed by atoms with Crippen LogP contribution < -0.4 is 15.1 Å². The molecule has 0 saturated carbocycles. The Bertz CT molecular complexity index is 1460. The molecule has 50 heavy (non-hydrogen) atoms. The number of aliphatic hydroxyl groups is 2.